The lowest BCUT2D eigenvalue weighted by molar-refractivity contribution is 1.22. The molecule has 11 heavy (non-hydrogen) atoms. The number of aromatic nitrogens is 1. The second-order valence-electron chi connectivity index (χ2n) is 2.18. The van der Waals surface area contributed by atoms with Crippen LogP contribution < -0.4 is 16.0 Å². The van der Waals surface area contributed by atoms with Crippen molar-refractivity contribution in [2.24, 2.45) is 4.99 Å². The zero-order chi connectivity index (χ0) is 7.68. The smallest absolute Gasteiger partial charge is 0.0900 e. The summed E-state index contributed by atoms with van der Waals surface area (Å²) in [7, 11) is 0. The van der Waals surface area contributed by atoms with Crippen LogP contribution in [0.1, 0.15) is 5.56 Å². The van der Waals surface area contributed by atoms with Crippen molar-refractivity contribution in [2.45, 2.75) is 0 Å². The Balaban J connectivity index is 3.04. The van der Waals surface area contributed by atoms with Crippen molar-refractivity contribution in [3.05, 3.63) is 34.7 Å². The molecule has 0 bridgehead atoms. The van der Waals surface area contributed by atoms with E-state index in [-0.39, 0.29) is 0 Å². The fourth-order valence-electron chi connectivity index (χ4n) is 1.01. The molecule has 51 valence electrons. The molecular formula is C8H4N3. The van der Waals surface area contributed by atoms with Crippen LogP contribution in [-0.2, 0) is 0 Å². The standard InChI is InChI=1S/C8H4N3/c9-3-7-5-10-4-6-1-2-11-8(6)7/h1-2,4-5H. The molecule has 0 aliphatic carbocycles. The van der Waals surface area contributed by atoms with Gasteiger partial charge in [-0.25, -0.2) is 0 Å². The first-order chi connectivity index (χ1) is 5.42. The summed E-state index contributed by atoms with van der Waals surface area (Å²) in [5.41, 5.74) is 0.920. The van der Waals surface area contributed by atoms with Crippen molar-refractivity contribution >= 4 is 11.9 Å². The van der Waals surface area contributed by atoms with E-state index in [1.807, 2.05) is 11.9 Å². The van der Waals surface area contributed by atoms with Crippen LogP contribution in [0.4, 0.5) is 0 Å². The average molecular weight is 142 g/mol. The van der Waals surface area contributed by atoms with Gasteiger partial charge < -0.3 is 0 Å². The zero-order valence-corrected chi connectivity index (χ0v) is 5.65. The van der Waals surface area contributed by atoms with E-state index in [1.165, 1.54) is 6.20 Å². The lowest BCUT2D eigenvalue weighted by atomic mass is 10.2. The van der Waals surface area contributed by atoms with Gasteiger partial charge in [-0.2, -0.15) is 0 Å². The Morgan fingerprint density at radius 1 is 1.36 bits per heavy atom. The van der Waals surface area contributed by atoms with Crippen molar-refractivity contribution in [3.63, 3.8) is 0 Å². The average Bonchev–Trinajstić information content (AvgIpc) is 2.50. The number of nitrogens with zero attached hydrogens (tertiary/aromatic N) is 3. The van der Waals surface area contributed by atoms with E-state index in [0.29, 0.717) is 5.22 Å². The highest BCUT2D eigenvalue weighted by molar-refractivity contribution is 5.55. The first-order valence-electron chi connectivity index (χ1n) is 3.17. The Hall–Kier alpha value is -1.73. The molecule has 3 nitrogen and oxygen atoms in total. The largest absolute Gasteiger partial charge is 0.263 e. The molecule has 1 aromatic rings. The van der Waals surface area contributed by atoms with Gasteiger partial charge in [-0.3, -0.25) is 9.98 Å². The molecule has 0 fully saturated rings. The van der Waals surface area contributed by atoms with E-state index in [9.17, 15) is 0 Å². The summed E-state index contributed by atoms with van der Waals surface area (Å²) in [6.07, 6.45) is 6.73. The van der Waals surface area contributed by atoms with Crippen molar-refractivity contribution in [2.75, 3.05) is 0 Å². The molecule has 0 saturated carbocycles. The Kier molecular flexibility index (Phi) is 1.17. The van der Waals surface area contributed by atoms with Crippen LogP contribution in [-0.4, -0.2) is 10.9 Å². The van der Waals surface area contributed by atoms with Crippen LogP contribution in [0.5, 0.6) is 0 Å². The molecule has 2 rings (SSSR count). The fraction of sp³-hybridized carbons (Fsp3) is 0. The summed E-state index contributed by atoms with van der Waals surface area (Å²) >= 11 is 0. The topological polar surface area (TPSA) is 47.5 Å². The fourth-order valence-corrected chi connectivity index (χ4v) is 1.01. The lowest BCUT2D eigenvalue weighted by Gasteiger charge is -1.85. The number of hydrogen-bond acceptors (Lipinski definition) is 2. The van der Waals surface area contributed by atoms with Crippen molar-refractivity contribution in [3.8, 4) is 0 Å². The van der Waals surface area contributed by atoms with Gasteiger partial charge in [-0.05, 0) is 6.08 Å². The zero-order valence-electron chi connectivity index (χ0n) is 5.65. The number of fused-ring (bicyclic) bond motifs is 1. The Bertz CT molecular complexity index is 453. The molecule has 1 aromatic heterocycles. The Labute approximate surface area is 62.9 Å². The molecular weight excluding hydrogens is 138 g/mol. The molecule has 0 N–H and O–H groups in total. The highest BCUT2D eigenvalue weighted by Crippen LogP contribution is 1.95. The van der Waals surface area contributed by atoms with Crippen LogP contribution in [0.3, 0.4) is 0 Å². The molecule has 3 heteroatoms. The summed E-state index contributed by atoms with van der Waals surface area (Å²) in [6, 6.07) is 0. The Morgan fingerprint density at radius 3 is 3.09 bits per heavy atom. The monoisotopic (exact) mass is 142 g/mol. The second kappa shape index (κ2) is 2.15. The molecule has 0 aromatic carbocycles. The third-order valence-corrected chi connectivity index (χ3v) is 1.52. The molecule has 0 spiro atoms. The van der Waals surface area contributed by atoms with Crippen molar-refractivity contribution in [1.29, 1.82) is 0 Å². The van der Waals surface area contributed by atoms with Gasteiger partial charge in [0.25, 0.3) is 0 Å². The van der Waals surface area contributed by atoms with Gasteiger partial charge >= 0.3 is 0 Å². The molecule has 1 aliphatic heterocycles. The van der Waals surface area contributed by atoms with Crippen LogP contribution in [0, 0.1) is 0 Å². The van der Waals surface area contributed by atoms with Crippen LogP contribution in [0.25, 0.3) is 6.08 Å². The van der Waals surface area contributed by atoms with Crippen LogP contribution >= 0.6 is 0 Å². The van der Waals surface area contributed by atoms with Crippen LogP contribution in [0.15, 0.2) is 23.6 Å². The SMILES string of the molecule is [N]=C=c1cncc2c1=NC=C2. The van der Waals surface area contributed by atoms with E-state index in [0.717, 1.165) is 10.9 Å². The highest BCUT2D eigenvalue weighted by atomic mass is 14.7. The van der Waals surface area contributed by atoms with E-state index < -0.39 is 0 Å². The third kappa shape index (κ3) is 0.791. The quantitative estimate of drug-likeness (QED) is 0.421. The van der Waals surface area contributed by atoms with Gasteiger partial charge in [0, 0.05) is 30.0 Å². The van der Waals surface area contributed by atoms with E-state index >= 15 is 0 Å². The van der Waals surface area contributed by atoms with Crippen molar-refractivity contribution < 1.29 is 0 Å². The molecule has 2 heterocycles. The second-order valence-corrected chi connectivity index (χ2v) is 2.18. The lowest BCUT2D eigenvalue weighted by Crippen LogP contribution is -2.27. The van der Waals surface area contributed by atoms with Gasteiger partial charge in [-0.15, -0.1) is 0 Å². The molecule has 0 amide bonds. The number of pyridine rings is 1. The summed E-state index contributed by atoms with van der Waals surface area (Å²) in [6.45, 7) is 0. The Morgan fingerprint density at radius 2 is 2.27 bits per heavy atom. The summed E-state index contributed by atoms with van der Waals surface area (Å²) in [4.78, 5) is 7.92. The predicted octanol–water partition coefficient (Wildman–Crippen LogP) is -1.17. The summed E-state index contributed by atoms with van der Waals surface area (Å²) in [5.74, 6) is 2.03. The number of rotatable bonds is 0. The first kappa shape index (κ1) is 6.01. The number of hydrogen-bond donors (Lipinski definition) is 0. The molecule has 0 unspecified atom stereocenters. The minimum atomic E-state index is 0.535. The van der Waals surface area contributed by atoms with Crippen LogP contribution in [0.2, 0.25) is 0 Å². The van der Waals surface area contributed by atoms with E-state index in [2.05, 4.69) is 9.98 Å². The molecule has 1 aliphatic rings. The van der Waals surface area contributed by atoms with E-state index in [4.69, 9.17) is 5.41 Å². The molecule has 1 radical (unpaired) electrons. The first-order valence-corrected chi connectivity index (χ1v) is 3.17. The maximum absolute atomic E-state index is 8.62. The minimum Gasteiger partial charge on any atom is -0.263 e. The molecule has 0 atom stereocenters. The normalized spacial score (nSPS) is 12.0. The summed E-state index contributed by atoms with van der Waals surface area (Å²) < 4.78 is 0. The maximum Gasteiger partial charge on any atom is 0.0900 e. The predicted molar refractivity (Wildman–Crippen MR) is 40.3 cm³/mol. The summed E-state index contributed by atoms with van der Waals surface area (Å²) in [5, 5.41) is 9.90. The van der Waals surface area contributed by atoms with Gasteiger partial charge in [-0.1, -0.05) is 5.41 Å². The minimum absolute atomic E-state index is 0.535. The highest BCUT2D eigenvalue weighted by Gasteiger charge is 1.98. The molecule has 0 saturated heterocycles. The van der Waals surface area contributed by atoms with Gasteiger partial charge in [0.1, 0.15) is 0 Å². The maximum atomic E-state index is 8.62. The third-order valence-electron chi connectivity index (χ3n) is 1.52. The van der Waals surface area contributed by atoms with Gasteiger partial charge in [0.05, 0.1) is 10.6 Å². The van der Waals surface area contributed by atoms with Gasteiger partial charge in [0.15, 0.2) is 0 Å². The van der Waals surface area contributed by atoms with Crippen molar-refractivity contribution in [1.82, 2.24) is 10.4 Å². The van der Waals surface area contributed by atoms with E-state index in [1.54, 1.807) is 12.4 Å². The van der Waals surface area contributed by atoms with Gasteiger partial charge in [0.2, 0.25) is 0 Å².